The molecule has 2 fully saturated rings. The first kappa shape index (κ1) is 26.6. The lowest BCUT2D eigenvalue weighted by molar-refractivity contribution is -0.130. The minimum Gasteiger partial charge on any atom is -0.497 e. The third-order valence-corrected chi connectivity index (χ3v) is 7.52. The number of benzene rings is 2. The maximum absolute atomic E-state index is 13.8. The molecule has 1 aliphatic carbocycles. The lowest BCUT2D eigenvalue weighted by atomic mass is 9.82. The molecule has 4 rings (SSSR count). The largest absolute Gasteiger partial charge is 0.497 e. The van der Waals surface area contributed by atoms with E-state index in [1.165, 1.54) is 12.8 Å². The first-order chi connectivity index (χ1) is 18.0. The number of methoxy groups -OCH3 is 4. The fourth-order valence-electron chi connectivity index (χ4n) is 5.59. The van der Waals surface area contributed by atoms with Gasteiger partial charge in [-0.1, -0.05) is 37.8 Å². The van der Waals surface area contributed by atoms with E-state index in [-0.39, 0.29) is 24.3 Å². The molecule has 200 valence electrons. The van der Waals surface area contributed by atoms with Crippen LogP contribution in [0.5, 0.6) is 23.0 Å². The highest BCUT2D eigenvalue weighted by Gasteiger charge is 2.42. The molecule has 2 aliphatic rings. The monoisotopic (exact) mass is 510 g/mol. The van der Waals surface area contributed by atoms with Crippen molar-refractivity contribution in [3.8, 4) is 23.0 Å². The Kier molecular flexibility index (Phi) is 8.79. The number of nitrogens with one attached hydrogen (secondary N) is 1. The van der Waals surface area contributed by atoms with E-state index in [0.29, 0.717) is 35.1 Å². The van der Waals surface area contributed by atoms with E-state index in [1.54, 1.807) is 45.5 Å². The van der Waals surface area contributed by atoms with Gasteiger partial charge < -0.3 is 29.2 Å². The number of nitrogens with zero attached hydrogens (tertiary/aromatic N) is 1. The van der Waals surface area contributed by atoms with Gasteiger partial charge in [0.25, 0.3) is 0 Å². The topological polar surface area (TPSA) is 86.3 Å². The Bertz CT molecular complexity index is 1050. The second kappa shape index (κ2) is 12.2. The molecule has 0 spiro atoms. The van der Waals surface area contributed by atoms with Crippen molar-refractivity contribution in [1.29, 1.82) is 0 Å². The fourth-order valence-corrected chi connectivity index (χ4v) is 5.59. The van der Waals surface area contributed by atoms with Crippen LogP contribution in [-0.2, 0) is 9.59 Å². The summed E-state index contributed by atoms with van der Waals surface area (Å²) in [6, 6.07) is 10.8. The van der Waals surface area contributed by atoms with Gasteiger partial charge in [-0.05, 0) is 37.0 Å². The lowest BCUT2D eigenvalue weighted by Crippen LogP contribution is -2.50. The highest BCUT2D eigenvalue weighted by molar-refractivity contribution is 5.98. The molecule has 37 heavy (non-hydrogen) atoms. The smallest absolute Gasteiger partial charge is 0.227 e. The number of rotatable bonds is 8. The van der Waals surface area contributed by atoms with E-state index >= 15 is 0 Å². The van der Waals surface area contributed by atoms with Crippen molar-refractivity contribution in [2.45, 2.75) is 63.5 Å². The number of carbonyl (C=O) groups is 2. The first-order valence-corrected chi connectivity index (χ1v) is 13.1. The minimum atomic E-state index is -0.499. The summed E-state index contributed by atoms with van der Waals surface area (Å²) in [6.07, 6.45) is 7.45. The van der Waals surface area contributed by atoms with Gasteiger partial charge in [0.2, 0.25) is 17.6 Å². The van der Waals surface area contributed by atoms with E-state index in [9.17, 15) is 9.59 Å². The van der Waals surface area contributed by atoms with Gasteiger partial charge >= 0.3 is 0 Å². The molecular weight excluding hydrogens is 472 g/mol. The van der Waals surface area contributed by atoms with Gasteiger partial charge in [-0.15, -0.1) is 0 Å². The third-order valence-electron chi connectivity index (χ3n) is 7.52. The Morgan fingerprint density at radius 1 is 0.838 bits per heavy atom. The average molecular weight is 511 g/mol. The van der Waals surface area contributed by atoms with Gasteiger partial charge in [-0.25, -0.2) is 0 Å². The van der Waals surface area contributed by atoms with Crippen LogP contribution in [-0.4, -0.2) is 46.3 Å². The Morgan fingerprint density at radius 3 is 2.00 bits per heavy atom. The van der Waals surface area contributed by atoms with Crippen molar-refractivity contribution in [3.63, 3.8) is 0 Å². The van der Waals surface area contributed by atoms with Crippen LogP contribution in [0.3, 0.4) is 0 Å². The molecule has 0 radical (unpaired) electrons. The Hall–Kier alpha value is -3.42. The number of anilines is 1. The summed E-state index contributed by atoms with van der Waals surface area (Å²) >= 11 is 0. The predicted octanol–water partition coefficient (Wildman–Crippen LogP) is 5.04. The van der Waals surface area contributed by atoms with E-state index in [4.69, 9.17) is 18.9 Å². The molecule has 2 aromatic rings. The minimum absolute atomic E-state index is 0.00217. The Balaban J connectivity index is 1.76. The molecule has 2 amide bonds. The molecular formula is C29H38N2O6. The lowest BCUT2D eigenvalue weighted by Gasteiger charge is -2.41. The molecule has 1 aliphatic heterocycles. The highest BCUT2D eigenvalue weighted by atomic mass is 16.5. The zero-order valence-corrected chi connectivity index (χ0v) is 22.2. The molecule has 1 N–H and O–H groups in total. The SMILES string of the molecule is COc1ccc([C@@H]2[C@H](C(=O)NC3CCCCCC3)CCC(=O)N2c2cc(OC)c(OC)c(OC)c2)cc1. The molecule has 1 heterocycles. The second-order valence-corrected chi connectivity index (χ2v) is 9.71. The summed E-state index contributed by atoms with van der Waals surface area (Å²) in [6.45, 7) is 0. The molecule has 0 bridgehead atoms. The fraction of sp³-hybridized carbons (Fsp3) is 0.517. The molecule has 8 nitrogen and oxygen atoms in total. The standard InChI is InChI=1S/C29H38N2O6/c1-34-22-13-11-19(12-14-22)27-23(29(33)30-20-9-7-5-6-8-10-20)15-16-26(32)31(27)21-17-24(35-2)28(37-4)25(18-21)36-3/h11-14,17-18,20,23,27H,5-10,15-16H2,1-4H3,(H,30,33)/t23-,27-/m1/s1. The highest BCUT2D eigenvalue weighted by Crippen LogP contribution is 2.46. The number of ether oxygens (including phenoxy) is 4. The first-order valence-electron chi connectivity index (χ1n) is 13.1. The molecule has 2 aromatic carbocycles. The van der Waals surface area contributed by atoms with Crippen LogP contribution in [0.25, 0.3) is 0 Å². The van der Waals surface area contributed by atoms with Crippen molar-refractivity contribution in [2.24, 2.45) is 5.92 Å². The summed E-state index contributed by atoms with van der Waals surface area (Å²) < 4.78 is 22.0. The van der Waals surface area contributed by atoms with Crippen LogP contribution in [0.15, 0.2) is 36.4 Å². The van der Waals surface area contributed by atoms with Crippen molar-refractivity contribution in [1.82, 2.24) is 5.32 Å². The summed E-state index contributed by atoms with van der Waals surface area (Å²) in [4.78, 5) is 29.0. The maximum Gasteiger partial charge on any atom is 0.227 e. The van der Waals surface area contributed by atoms with Crippen LogP contribution >= 0.6 is 0 Å². The van der Waals surface area contributed by atoms with Crippen molar-refractivity contribution >= 4 is 17.5 Å². The summed E-state index contributed by atoms with van der Waals surface area (Å²) in [7, 11) is 6.25. The van der Waals surface area contributed by atoms with Gasteiger partial charge in [0.15, 0.2) is 11.5 Å². The number of hydrogen-bond donors (Lipinski definition) is 1. The Morgan fingerprint density at radius 2 is 1.46 bits per heavy atom. The summed E-state index contributed by atoms with van der Waals surface area (Å²) in [5.74, 6) is 1.58. The van der Waals surface area contributed by atoms with Gasteiger partial charge in [0, 0.05) is 24.6 Å². The average Bonchev–Trinajstić information content (AvgIpc) is 3.20. The molecule has 2 atom stereocenters. The van der Waals surface area contributed by atoms with Gasteiger partial charge in [-0.3, -0.25) is 9.59 Å². The molecule has 0 aromatic heterocycles. The van der Waals surface area contributed by atoms with Gasteiger partial charge in [0.1, 0.15) is 5.75 Å². The van der Waals surface area contributed by atoms with E-state index in [2.05, 4.69) is 5.32 Å². The van der Waals surface area contributed by atoms with E-state index < -0.39 is 12.0 Å². The van der Waals surface area contributed by atoms with Crippen LogP contribution in [0.1, 0.15) is 63.0 Å². The van der Waals surface area contributed by atoms with Crippen molar-refractivity contribution in [3.05, 3.63) is 42.0 Å². The molecule has 0 unspecified atom stereocenters. The number of amides is 2. The quantitative estimate of drug-likeness (QED) is 0.501. The third kappa shape index (κ3) is 5.78. The van der Waals surface area contributed by atoms with Crippen molar-refractivity contribution < 1.29 is 28.5 Å². The van der Waals surface area contributed by atoms with Crippen LogP contribution in [0, 0.1) is 5.92 Å². The predicted molar refractivity (Wildman–Crippen MR) is 142 cm³/mol. The normalized spacial score (nSPS) is 20.6. The zero-order chi connectivity index (χ0) is 26.4. The summed E-state index contributed by atoms with van der Waals surface area (Å²) in [5.41, 5.74) is 1.45. The van der Waals surface area contributed by atoms with E-state index in [0.717, 1.165) is 31.2 Å². The van der Waals surface area contributed by atoms with Crippen LogP contribution in [0.4, 0.5) is 5.69 Å². The summed E-state index contributed by atoms with van der Waals surface area (Å²) in [5, 5.41) is 3.33. The second-order valence-electron chi connectivity index (χ2n) is 9.71. The van der Waals surface area contributed by atoms with Gasteiger partial charge in [-0.2, -0.15) is 0 Å². The van der Waals surface area contributed by atoms with Crippen molar-refractivity contribution in [2.75, 3.05) is 33.3 Å². The number of hydrogen-bond acceptors (Lipinski definition) is 6. The van der Waals surface area contributed by atoms with Crippen LogP contribution < -0.4 is 29.2 Å². The number of piperidine rings is 1. The van der Waals surface area contributed by atoms with E-state index in [1.807, 2.05) is 24.3 Å². The molecule has 8 heteroatoms. The molecule has 1 saturated heterocycles. The molecule has 1 saturated carbocycles. The van der Waals surface area contributed by atoms with Crippen LogP contribution in [0.2, 0.25) is 0 Å². The number of carbonyl (C=O) groups excluding carboxylic acids is 2. The Labute approximate surface area is 219 Å². The zero-order valence-electron chi connectivity index (χ0n) is 22.2. The maximum atomic E-state index is 13.8. The van der Waals surface area contributed by atoms with Gasteiger partial charge in [0.05, 0.1) is 46.1 Å².